The van der Waals surface area contributed by atoms with Crippen LogP contribution in [0.1, 0.15) is 12.5 Å². The monoisotopic (exact) mass is 281 g/mol. The molecule has 1 aromatic rings. The van der Waals surface area contributed by atoms with Gasteiger partial charge in [0.05, 0.1) is 17.2 Å². The number of rotatable bonds is 4. The minimum atomic E-state index is -0.561. The molecule has 0 fully saturated rings. The number of halogens is 1. The van der Waals surface area contributed by atoms with E-state index in [9.17, 15) is 9.59 Å². The van der Waals surface area contributed by atoms with Gasteiger partial charge in [-0.1, -0.05) is 11.6 Å². The molecule has 0 radical (unpaired) electrons. The molecule has 6 nitrogen and oxygen atoms in total. The molecule has 0 atom stereocenters. The first-order valence-electron chi connectivity index (χ1n) is 5.47. The highest BCUT2D eigenvalue weighted by atomic mass is 35.5. The number of nitriles is 1. The van der Waals surface area contributed by atoms with Gasteiger partial charge in [-0.2, -0.15) is 5.26 Å². The van der Waals surface area contributed by atoms with E-state index in [1.165, 1.54) is 18.2 Å². The van der Waals surface area contributed by atoms with E-state index >= 15 is 0 Å². The summed E-state index contributed by atoms with van der Waals surface area (Å²) in [6.07, 6.45) is 0. The minimum absolute atomic E-state index is 0.219. The van der Waals surface area contributed by atoms with E-state index in [1.54, 1.807) is 6.92 Å². The summed E-state index contributed by atoms with van der Waals surface area (Å²) in [5.41, 5.74) is 0.740. The Morgan fingerprint density at radius 1 is 1.47 bits per heavy atom. The summed E-state index contributed by atoms with van der Waals surface area (Å²) in [6.45, 7) is 1.72. The fraction of sp³-hybridized carbons (Fsp3) is 0.250. The molecule has 0 unspecified atom stereocenters. The number of esters is 1. The van der Waals surface area contributed by atoms with Crippen molar-refractivity contribution < 1.29 is 14.3 Å². The van der Waals surface area contributed by atoms with Crippen LogP contribution in [0.3, 0.4) is 0 Å². The van der Waals surface area contributed by atoms with Gasteiger partial charge in [0.15, 0.2) is 0 Å². The highest BCUT2D eigenvalue weighted by Crippen LogP contribution is 2.19. The third kappa shape index (κ3) is 4.85. The lowest BCUT2D eigenvalue weighted by molar-refractivity contribution is -0.141. The van der Waals surface area contributed by atoms with E-state index in [0.29, 0.717) is 11.3 Å². The summed E-state index contributed by atoms with van der Waals surface area (Å²) in [6, 6.07) is 5.82. The third-order valence-corrected chi connectivity index (χ3v) is 2.36. The molecular weight excluding hydrogens is 270 g/mol. The Morgan fingerprint density at radius 3 is 2.79 bits per heavy atom. The van der Waals surface area contributed by atoms with Gasteiger partial charge in [-0.15, -0.1) is 0 Å². The van der Waals surface area contributed by atoms with Crippen molar-refractivity contribution in [2.24, 2.45) is 0 Å². The van der Waals surface area contributed by atoms with E-state index in [1.807, 2.05) is 6.07 Å². The maximum absolute atomic E-state index is 11.4. The second-order valence-electron chi connectivity index (χ2n) is 3.42. The number of hydrogen-bond acceptors (Lipinski definition) is 4. The summed E-state index contributed by atoms with van der Waals surface area (Å²) in [4.78, 5) is 22.5. The van der Waals surface area contributed by atoms with Gasteiger partial charge in [0.1, 0.15) is 12.6 Å². The molecule has 2 amide bonds. The zero-order valence-corrected chi connectivity index (χ0v) is 11.0. The number of hydrogen-bond donors (Lipinski definition) is 2. The van der Waals surface area contributed by atoms with Crippen molar-refractivity contribution in [2.45, 2.75) is 6.92 Å². The molecule has 100 valence electrons. The third-order valence-electron chi connectivity index (χ3n) is 2.05. The van der Waals surface area contributed by atoms with Crippen molar-refractivity contribution in [1.82, 2.24) is 5.32 Å². The first-order valence-corrected chi connectivity index (χ1v) is 5.84. The van der Waals surface area contributed by atoms with Gasteiger partial charge in [0.2, 0.25) is 0 Å². The summed E-state index contributed by atoms with van der Waals surface area (Å²) in [5, 5.41) is 13.8. The molecule has 0 aliphatic rings. The van der Waals surface area contributed by atoms with E-state index in [0.717, 1.165) is 0 Å². The number of anilines is 1. The van der Waals surface area contributed by atoms with Gasteiger partial charge in [0, 0.05) is 5.69 Å². The van der Waals surface area contributed by atoms with Crippen molar-refractivity contribution in [1.29, 1.82) is 5.26 Å². The van der Waals surface area contributed by atoms with Gasteiger partial charge in [-0.05, 0) is 25.1 Å². The SMILES string of the molecule is CCOC(=O)CNC(=O)Nc1ccc(C#N)c(Cl)c1. The number of nitrogens with zero attached hydrogens (tertiary/aromatic N) is 1. The Kier molecular flexibility index (Phi) is 5.64. The summed E-state index contributed by atoms with van der Waals surface area (Å²) in [5.74, 6) is -0.518. The van der Waals surface area contributed by atoms with Crippen LogP contribution < -0.4 is 10.6 Å². The molecule has 1 aromatic carbocycles. The van der Waals surface area contributed by atoms with Gasteiger partial charge in [-0.3, -0.25) is 4.79 Å². The zero-order valence-electron chi connectivity index (χ0n) is 10.2. The molecule has 0 aliphatic heterocycles. The standard InChI is InChI=1S/C12H12ClN3O3/c1-2-19-11(17)7-15-12(18)16-9-4-3-8(6-14)10(13)5-9/h3-5H,2,7H2,1H3,(H2,15,16,18). The number of carbonyl (C=O) groups excluding carboxylic acids is 2. The molecule has 0 aliphatic carbocycles. The molecular formula is C12H12ClN3O3. The van der Waals surface area contributed by atoms with Gasteiger partial charge in [0.25, 0.3) is 0 Å². The summed E-state index contributed by atoms with van der Waals surface area (Å²) in [7, 11) is 0. The van der Waals surface area contributed by atoms with Crippen LogP contribution in [0.25, 0.3) is 0 Å². The lowest BCUT2D eigenvalue weighted by Gasteiger charge is -2.07. The quantitative estimate of drug-likeness (QED) is 0.825. The molecule has 19 heavy (non-hydrogen) atoms. The van der Waals surface area contributed by atoms with Gasteiger partial charge < -0.3 is 15.4 Å². The van der Waals surface area contributed by atoms with Crippen molar-refractivity contribution in [3.63, 3.8) is 0 Å². The Bertz CT molecular complexity index is 525. The first kappa shape index (κ1) is 14.8. The van der Waals surface area contributed by atoms with Crippen LogP contribution >= 0.6 is 11.6 Å². The minimum Gasteiger partial charge on any atom is -0.465 e. The predicted octanol–water partition coefficient (Wildman–Crippen LogP) is 1.90. The first-order chi connectivity index (χ1) is 9.06. The number of nitrogens with one attached hydrogen (secondary N) is 2. The van der Waals surface area contributed by atoms with E-state index in [-0.39, 0.29) is 18.2 Å². The zero-order chi connectivity index (χ0) is 14.3. The van der Waals surface area contributed by atoms with Crippen LogP contribution in [0.4, 0.5) is 10.5 Å². The Hall–Kier alpha value is -2.26. The van der Waals surface area contributed by atoms with Crippen LogP contribution in [0.5, 0.6) is 0 Å². The normalized spacial score (nSPS) is 9.32. The van der Waals surface area contributed by atoms with Gasteiger partial charge in [-0.25, -0.2) is 4.79 Å². The van der Waals surface area contributed by atoms with Crippen molar-refractivity contribution in [3.05, 3.63) is 28.8 Å². The average molecular weight is 282 g/mol. The van der Waals surface area contributed by atoms with E-state index in [4.69, 9.17) is 16.9 Å². The molecule has 0 aromatic heterocycles. The fourth-order valence-corrected chi connectivity index (χ4v) is 1.45. The number of amides is 2. The average Bonchev–Trinajstić information content (AvgIpc) is 2.37. The summed E-state index contributed by atoms with van der Waals surface area (Å²) < 4.78 is 4.65. The van der Waals surface area contributed by atoms with E-state index in [2.05, 4.69) is 15.4 Å². The number of carbonyl (C=O) groups is 2. The van der Waals surface area contributed by atoms with Crippen LogP contribution in [-0.2, 0) is 9.53 Å². The van der Waals surface area contributed by atoms with Crippen LogP contribution in [0.15, 0.2) is 18.2 Å². The molecule has 0 bridgehead atoms. The summed E-state index contributed by atoms with van der Waals surface area (Å²) >= 11 is 5.81. The van der Waals surface area contributed by atoms with E-state index < -0.39 is 12.0 Å². The van der Waals surface area contributed by atoms with Crippen molar-refractivity contribution in [2.75, 3.05) is 18.5 Å². The van der Waals surface area contributed by atoms with Crippen LogP contribution in [0.2, 0.25) is 5.02 Å². The highest BCUT2D eigenvalue weighted by molar-refractivity contribution is 6.32. The smallest absolute Gasteiger partial charge is 0.325 e. The maximum atomic E-state index is 11.4. The highest BCUT2D eigenvalue weighted by Gasteiger charge is 2.07. The molecule has 0 saturated carbocycles. The molecule has 1 rings (SSSR count). The van der Waals surface area contributed by atoms with Crippen molar-refractivity contribution >= 4 is 29.3 Å². The predicted molar refractivity (Wildman–Crippen MR) is 69.8 cm³/mol. The Morgan fingerprint density at radius 2 is 2.21 bits per heavy atom. The molecule has 0 spiro atoms. The lowest BCUT2D eigenvalue weighted by atomic mass is 10.2. The molecule has 7 heteroatoms. The van der Waals surface area contributed by atoms with Gasteiger partial charge >= 0.3 is 12.0 Å². The number of benzene rings is 1. The lowest BCUT2D eigenvalue weighted by Crippen LogP contribution is -2.34. The molecule has 2 N–H and O–H groups in total. The Balaban J connectivity index is 2.51. The van der Waals surface area contributed by atoms with Crippen LogP contribution in [-0.4, -0.2) is 25.2 Å². The molecule has 0 heterocycles. The second-order valence-corrected chi connectivity index (χ2v) is 3.83. The topological polar surface area (TPSA) is 91.2 Å². The largest absolute Gasteiger partial charge is 0.465 e. The maximum Gasteiger partial charge on any atom is 0.325 e. The number of urea groups is 1. The fourth-order valence-electron chi connectivity index (χ4n) is 1.22. The van der Waals surface area contributed by atoms with Crippen molar-refractivity contribution in [3.8, 4) is 6.07 Å². The second kappa shape index (κ2) is 7.24. The Labute approximate surface area is 115 Å². The number of ether oxygens (including phenoxy) is 1. The van der Waals surface area contributed by atoms with Crippen LogP contribution in [0, 0.1) is 11.3 Å². The molecule has 0 saturated heterocycles.